The predicted molar refractivity (Wildman–Crippen MR) is 67.2 cm³/mol. The zero-order chi connectivity index (χ0) is 14.0. The Morgan fingerprint density at radius 3 is 2.74 bits per heavy atom. The molecule has 0 spiro atoms. The molecule has 0 unspecified atom stereocenters. The molecular weight excluding hydrogens is 276 g/mol. The number of benzene rings is 1. The Morgan fingerprint density at radius 2 is 2.16 bits per heavy atom. The van der Waals surface area contributed by atoms with Crippen molar-refractivity contribution < 1.29 is 13.7 Å². The van der Waals surface area contributed by atoms with Crippen molar-refractivity contribution in [1.29, 1.82) is 0 Å². The van der Waals surface area contributed by atoms with Gasteiger partial charge in [0, 0.05) is 17.5 Å². The number of aromatic nitrogens is 1. The van der Waals surface area contributed by atoms with E-state index in [0.717, 1.165) is 11.1 Å². The minimum Gasteiger partial charge on any atom is -0.377 e. The van der Waals surface area contributed by atoms with Crippen LogP contribution in [0.3, 0.4) is 0 Å². The van der Waals surface area contributed by atoms with Gasteiger partial charge in [-0.05, 0) is 6.92 Å². The van der Waals surface area contributed by atoms with Crippen LogP contribution in [0.2, 0.25) is 0 Å². The zero-order valence-corrected chi connectivity index (χ0v) is 10.6. The van der Waals surface area contributed by atoms with Gasteiger partial charge in [0.25, 0.3) is 0 Å². The molecule has 100 valence electrons. The van der Waals surface area contributed by atoms with E-state index in [0.29, 0.717) is 11.8 Å². The standard InChI is InChI=1S/C11H9F2N3O2S/c1-6-15-7(5-19-6)4-14-10-3-11(16(17)18)9(13)2-8(10)12/h2-3,5,14H,4H2,1H3. The molecule has 8 heteroatoms. The number of hydrogen-bond donors (Lipinski definition) is 1. The SMILES string of the molecule is Cc1nc(CNc2cc([N+](=O)[O-])c(F)cc2F)cs1. The predicted octanol–water partition coefficient (Wildman–Crippen LogP) is 3.25. The van der Waals surface area contributed by atoms with Crippen molar-refractivity contribution in [2.45, 2.75) is 13.5 Å². The van der Waals surface area contributed by atoms with Crippen molar-refractivity contribution in [1.82, 2.24) is 4.98 Å². The van der Waals surface area contributed by atoms with Gasteiger partial charge in [-0.2, -0.15) is 4.39 Å². The number of thiazole rings is 1. The normalized spacial score (nSPS) is 10.5. The molecule has 1 aromatic carbocycles. The molecule has 19 heavy (non-hydrogen) atoms. The Hall–Kier alpha value is -2.09. The second kappa shape index (κ2) is 5.27. The van der Waals surface area contributed by atoms with Crippen LogP contribution in [-0.2, 0) is 6.54 Å². The van der Waals surface area contributed by atoms with Crippen LogP contribution < -0.4 is 5.32 Å². The molecule has 0 radical (unpaired) electrons. The van der Waals surface area contributed by atoms with E-state index < -0.39 is 22.2 Å². The summed E-state index contributed by atoms with van der Waals surface area (Å²) in [6, 6.07) is 1.33. The fraction of sp³-hybridized carbons (Fsp3) is 0.182. The summed E-state index contributed by atoms with van der Waals surface area (Å²) in [4.78, 5) is 13.8. The van der Waals surface area contributed by atoms with Gasteiger partial charge >= 0.3 is 5.69 Å². The van der Waals surface area contributed by atoms with E-state index >= 15 is 0 Å². The number of nitrogens with zero attached hydrogens (tertiary/aromatic N) is 2. The first-order valence-electron chi connectivity index (χ1n) is 5.25. The van der Waals surface area contributed by atoms with E-state index in [1.165, 1.54) is 11.3 Å². The lowest BCUT2D eigenvalue weighted by molar-refractivity contribution is -0.387. The van der Waals surface area contributed by atoms with Crippen molar-refractivity contribution in [3.05, 3.63) is 50.0 Å². The molecule has 0 fully saturated rings. The van der Waals surface area contributed by atoms with Gasteiger partial charge in [0.2, 0.25) is 5.82 Å². The summed E-state index contributed by atoms with van der Waals surface area (Å²) in [5.41, 5.74) is -0.203. The number of halogens is 2. The highest BCUT2D eigenvalue weighted by Gasteiger charge is 2.18. The molecule has 1 N–H and O–H groups in total. The highest BCUT2D eigenvalue weighted by atomic mass is 32.1. The molecular formula is C11H9F2N3O2S. The van der Waals surface area contributed by atoms with Crippen LogP contribution in [0.25, 0.3) is 0 Å². The number of anilines is 1. The molecule has 0 saturated carbocycles. The van der Waals surface area contributed by atoms with Crippen LogP contribution in [0.4, 0.5) is 20.2 Å². The molecule has 1 aromatic heterocycles. The Morgan fingerprint density at radius 1 is 1.42 bits per heavy atom. The van der Waals surface area contributed by atoms with E-state index in [-0.39, 0.29) is 12.2 Å². The van der Waals surface area contributed by atoms with Crippen molar-refractivity contribution in [2.24, 2.45) is 0 Å². The number of nitro groups is 1. The van der Waals surface area contributed by atoms with Crippen LogP contribution in [0, 0.1) is 28.7 Å². The van der Waals surface area contributed by atoms with E-state index in [1.807, 2.05) is 6.92 Å². The molecule has 0 saturated heterocycles. The summed E-state index contributed by atoms with van der Waals surface area (Å²) in [6.45, 7) is 2.04. The number of nitrogens with one attached hydrogen (secondary N) is 1. The van der Waals surface area contributed by atoms with Gasteiger partial charge < -0.3 is 5.32 Å². The highest BCUT2D eigenvalue weighted by Crippen LogP contribution is 2.25. The highest BCUT2D eigenvalue weighted by molar-refractivity contribution is 7.09. The smallest absolute Gasteiger partial charge is 0.307 e. The number of aryl methyl sites for hydroxylation is 1. The van der Waals surface area contributed by atoms with Gasteiger partial charge in [0.15, 0.2) is 0 Å². The van der Waals surface area contributed by atoms with Crippen LogP contribution in [0.1, 0.15) is 10.7 Å². The van der Waals surface area contributed by atoms with Crippen LogP contribution in [-0.4, -0.2) is 9.91 Å². The molecule has 0 amide bonds. The molecule has 0 bridgehead atoms. The van der Waals surface area contributed by atoms with E-state index in [2.05, 4.69) is 10.3 Å². The third kappa shape index (κ3) is 3.02. The maximum atomic E-state index is 13.5. The largest absolute Gasteiger partial charge is 0.377 e. The van der Waals surface area contributed by atoms with Gasteiger partial charge in [-0.1, -0.05) is 0 Å². The third-order valence-corrected chi connectivity index (χ3v) is 3.18. The first kappa shape index (κ1) is 13.3. The Labute approximate surface area is 111 Å². The summed E-state index contributed by atoms with van der Waals surface area (Å²) in [5, 5.41) is 15.9. The topological polar surface area (TPSA) is 68.1 Å². The average Bonchev–Trinajstić information content (AvgIpc) is 2.73. The quantitative estimate of drug-likeness (QED) is 0.691. The lowest BCUT2D eigenvalue weighted by atomic mass is 10.2. The minimum absolute atomic E-state index is 0.126. The van der Waals surface area contributed by atoms with Gasteiger partial charge in [0.05, 0.1) is 27.9 Å². The lowest BCUT2D eigenvalue weighted by Gasteiger charge is -2.06. The van der Waals surface area contributed by atoms with E-state index in [1.54, 1.807) is 5.38 Å². The maximum Gasteiger partial charge on any atom is 0.307 e. The first-order chi connectivity index (χ1) is 8.97. The van der Waals surface area contributed by atoms with Crippen LogP contribution >= 0.6 is 11.3 Å². The summed E-state index contributed by atoms with van der Waals surface area (Å²) >= 11 is 1.44. The van der Waals surface area contributed by atoms with Crippen LogP contribution in [0.15, 0.2) is 17.5 Å². The number of nitro benzene ring substituents is 1. The van der Waals surface area contributed by atoms with E-state index in [9.17, 15) is 18.9 Å². The monoisotopic (exact) mass is 285 g/mol. The summed E-state index contributed by atoms with van der Waals surface area (Å²) in [7, 11) is 0. The Kier molecular flexibility index (Phi) is 3.70. The van der Waals surface area contributed by atoms with Crippen molar-refractivity contribution >= 4 is 22.7 Å². The molecule has 0 aliphatic rings. The van der Waals surface area contributed by atoms with Gasteiger partial charge in [-0.25, -0.2) is 9.37 Å². The second-order valence-electron chi connectivity index (χ2n) is 3.75. The zero-order valence-electron chi connectivity index (χ0n) is 9.81. The van der Waals surface area contributed by atoms with Crippen LogP contribution in [0.5, 0.6) is 0 Å². The molecule has 2 aromatic rings. The number of hydrogen-bond acceptors (Lipinski definition) is 5. The lowest BCUT2D eigenvalue weighted by Crippen LogP contribution is -2.04. The van der Waals surface area contributed by atoms with E-state index in [4.69, 9.17) is 0 Å². The molecule has 0 aliphatic carbocycles. The van der Waals surface area contributed by atoms with Gasteiger partial charge in [-0.15, -0.1) is 11.3 Å². The Bertz CT molecular complexity index is 630. The molecule has 2 rings (SSSR count). The molecule has 0 aliphatic heterocycles. The first-order valence-corrected chi connectivity index (χ1v) is 6.13. The van der Waals surface area contributed by atoms with Crippen molar-refractivity contribution in [3.8, 4) is 0 Å². The fourth-order valence-electron chi connectivity index (χ4n) is 1.49. The number of rotatable bonds is 4. The maximum absolute atomic E-state index is 13.5. The molecule has 1 heterocycles. The minimum atomic E-state index is -1.20. The molecule has 0 atom stereocenters. The third-order valence-electron chi connectivity index (χ3n) is 2.36. The van der Waals surface area contributed by atoms with Gasteiger partial charge in [-0.3, -0.25) is 10.1 Å². The summed E-state index contributed by atoms with van der Waals surface area (Å²) < 4.78 is 26.6. The summed E-state index contributed by atoms with van der Waals surface area (Å²) in [5.74, 6) is -2.08. The average molecular weight is 285 g/mol. The second-order valence-corrected chi connectivity index (χ2v) is 4.81. The van der Waals surface area contributed by atoms with Crippen molar-refractivity contribution in [2.75, 3.05) is 5.32 Å². The Balaban J connectivity index is 2.20. The summed E-state index contributed by atoms with van der Waals surface area (Å²) in [6.07, 6.45) is 0. The van der Waals surface area contributed by atoms with Gasteiger partial charge in [0.1, 0.15) is 5.82 Å². The molecule has 5 nitrogen and oxygen atoms in total. The van der Waals surface area contributed by atoms with Crippen molar-refractivity contribution in [3.63, 3.8) is 0 Å². The fourth-order valence-corrected chi connectivity index (χ4v) is 2.10.